The summed E-state index contributed by atoms with van der Waals surface area (Å²) in [4.78, 5) is 18.7. The van der Waals surface area contributed by atoms with Crippen LogP contribution in [0.25, 0.3) is 0 Å². The maximum absolute atomic E-state index is 13.0. The summed E-state index contributed by atoms with van der Waals surface area (Å²) in [6.07, 6.45) is 1.33. The molecule has 3 rings (SSSR count). The van der Waals surface area contributed by atoms with Crippen LogP contribution in [-0.2, 0) is 11.0 Å². The number of rotatable bonds is 4. The van der Waals surface area contributed by atoms with Crippen molar-refractivity contribution >= 4 is 11.6 Å². The normalized spacial score (nSPS) is 21.9. The summed E-state index contributed by atoms with van der Waals surface area (Å²) < 4.78 is 38.9. The predicted octanol–water partition coefficient (Wildman–Crippen LogP) is 4.03. The number of amides is 1. The van der Waals surface area contributed by atoms with Gasteiger partial charge in [0.25, 0.3) is 0 Å². The standard InChI is InChI=1S/C22H30F3N3O/c1-17(2)8-9-21(29)28-10-4-7-20(16-28)27-13-11-26(12-14-27)19-6-3-5-18(15-19)22(23,24)25/h3,5-6,8-9,15,17,20H,4,7,10-14,16H2,1-2H3. The summed E-state index contributed by atoms with van der Waals surface area (Å²) in [7, 11) is 0. The third kappa shape index (κ3) is 5.75. The minimum Gasteiger partial charge on any atom is -0.369 e. The van der Waals surface area contributed by atoms with Crippen LogP contribution in [0.1, 0.15) is 32.3 Å². The SMILES string of the molecule is CC(C)C=CC(=O)N1CCCC(N2CCN(c3cccc(C(F)(F)F)c3)CC2)C1. The number of piperazine rings is 1. The van der Waals surface area contributed by atoms with Gasteiger partial charge in [-0.15, -0.1) is 0 Å². The van der Waals surface area contributed by atoms with Gasteiger partial charge in [0, 0.05) is 51.0 Å². The molecule has 29 heavy (non-hydrogen) atoms. The first-order valence-corrected chi connectivity index (χ1v) is 10.4. The van der Waals surface area contributed by atoms with Gasteiger partial charge in [-0.25, -0.2) is 0 Å². The smallest absolute Gasteiger partial charge is 0.369 e. The van der Waals surface area contributed by atoms with Crippen molar-refractivity contribution in [3.05, 3.63) is 42.0 Å². The average Bonchev–Trinajstić information content (AvgIpc) is 2.71. The number of benzene rings is 1. The van der Waals surface area contributed by atoms with Crippen LogP contribution in [0.4, 0.5) is 18.9 Å². The van der Waals surface area contributed by atoms with E-state index in [1.807, 2.05) is 29.7 Å². The molecule has 0 radical (unpaired) electrons. The molecule has 2 heterocycles. The van der Waals surface area contributed by atoms with Crippen molar-refractivity contribution in [3.63, 3.8) is 0 Å². The molecule has 0 N–H and O–H groups in total. The highest BCUT2D eigenvalue weighted by molar-refractivity contribution is 5.87. The maximum Gasteiger partial charge on any atom is 0.416 e. The molecular formula is C22H30F3N3O. The van der Waals surface area contributed by atoms with Crippen LogP contribution in [0.2, 0.25) is 0 Å². The monoisotopic (exact) mass is 409 g/mol. The van der Waals surface area contributed by atoms with Gasteiger partial charge >= 0.3 is 6.18 Å². The largest absolute Gasteiger partial charge is 0.416 e. The highest BCUT2D eigenvalue weighted by Gasteiger charge is 2.32. The number of allylic oxidation sites excluding steroid dienone is 1. The highest BCUT2D eigenvalue weighted by atomic mass is 19.4. The molecule has 0 bridgehead atoms. The summed E-state index contributed by atoms with van der Waals surface area (Å²) in [6.45, 7) is 8.60. The Morgan fingerprint density at radius 3 is 2.52 bits per heavy atom. The van der Waals surface area contributed by atoms with Crippen LogP contribution in [0.5, 0.6) is 0 Å². The van der Waals surface area contributed by atoms with E-state index in [0.29, 0.717) is 30.7 Å². The molecule has 0 spiro atoms. The van der Waals surface area contributed by atoms with Gasteiger partial charge in [0.2, 0.25) is 5.91 Å². The lowest BCUT2D eigenvalue weighted by molar-refractivity contribution is -0.137. The molecule has 1 aromatic rings. The Kier molecular flexibility index (Phi) is 6.88. The Labute approximate surface area is 171 Å². The number of anilines is 1. The zero-order valence-electron chi connectivity index (χ0n) is 17.2. The molecule has 2 aliphatic heterocycles. The summed E-state index contributed by atoms with van der Waals surface area (Å²) in [5, 5.41) is 0. The molecular weight excluding hydrogens is 379 g/mol. The summed E-state index contributed by atoms with van der Waals surface area (Å²) in [5.41, 5.74) is 0.0204. The van der Waals surface area contributed by atoms with Gasteiger partial charge < -0.3 is 9.80 Å². The van der Waals surface area contributed by atoms with Crippen molar-refractivity contribution in [2.75, 3.05) is 44.2 Å². The van der Waals surface area contributed by atoms with E-state index in [9.17, 15) is 18.0 Å². The summed E-state index contributed by atoms with van der Waals surface area (Å²) in [6, 6.07) is 5.88. The third-order valence-corrected chi connectivity index (χ3v) is 5.70. The van der Waals surface area contributed by atoms with Crippen molar-refractivity contribution in [2.24, 2.45) is 5.92 Å². The van der Waals surface area contributed by atoms with Crippen LogP contribution >= 0.6 is 0 Å². The molecule has 1 aromatic carbocycles. The van der Waals surface area contributed by atoms with Crippen LogP contribution in [0, 0.1) is 5.92 Å². The number of halogens is 3. The van der Waals surface area contributed by atoms with Crippen molar-refractivity contribution < 1.29 is 18.0 Å². The number of carbonyl (C=O) groups excluding carboxylic acids is 1. The van der Waals surface area contributed by atoms with Crippen molar-refractivity contribution in [3.8, 4) is 0 Å². The van der Waals surface area contributed by atoms with Gasteiger partial charge in [-0.2, -0.15) is 13.2 Å². The Bertz CT molecular complexity index is 724. The lowest BCUT2D eigenvalue weighted by atomic mass is 10.0. The second-order valence-electron chi connectivity index (χ2n) is 8.25. The molecule has 1 unspecified atom stereocenters. The Morgan fingerprint density at radius 2 is 1.86 bits per heavy atom. The van der Waals surface area contributed by atoms with E-state index in [4.69, 9.17) is 0 Å². The lowest BCUT2D eigenvalue weighted by Gasteiger charge is -2.43. The van der Waals surface area contributed by atoms with Crippen LogP contribution < -0.4 is 4.90 Å². The molecule has 1 atom stereocenters. The molecule has 2 aliphatic rings. The first-order valence-electron chi connectivity index (χ1n) is 10.4. The number of alkyl halides is 3. The van der Waals surface area contributed by atoms with Crippen LogP contribution in [0.3, 0.4) is 0 Å². The summed E-state index contributed by atoms with van der Waals surface area (Å²) in [5.74, 6) is 0.425. The van der Waals surface area contributed by atoms with Crippen molar-refractivity contribution in [1.82, 2.24) is 9.80 Å². The second kappa shape index (κ2) is 9.20. The van der Waals surface area contributed by atoms with Gasteiger partial charge in [-0.3, -0.25) is 9.69 Å². The number of nitrogens with zero attached hydrogens (tertiary/aromatic N) is 3. The first-order chi connectivity index (χ1) is 13.7. The van der Waals surface area contributed by atoms with Crippen LogP contribution in [0.15, 0.2) is 36.4 Å². The summed E-state index contributed by atoms with van der Waals surface area (Å²) >= 11 is 0. The van der Waals surface area contributed by atoms with E-state index in [2.05, 4.69) is 4.90 Å². The Balaban J connectivity index is 1.56. The Hall–Kier alpha value is -2.02. The predicted molar refractivity (Wildman–Crippen MR) is 109 cm³/mol. The first kappa shape index (κ1) is 21.7. The number of hydrogen-bond acceptors (Lipinski definition) is 3. The van der Waals surface area contributed by atoms with Crippen molar-refractivity contribution in [1.29, 1.82) is 0 Å². The van der Waals surface area contributed by atoms with E-state index >= 15 is 0 Å². The second-order valence-corrected chi connectivity index (χ2v) is 8.25. The number of likely N-dealkylation sites (tertiary alicyclic amines) is 1. The van der Waals surface area contributed by atoms with E-state index < -0.39 is 11.7 Å². The Morgan fingerprint density at radius 1 is 1.14 bits per heavy atom. The van der Waals surface area contributed by atoms with Gasteiger partial charge in [0.05, 0.1) is 5.56 Å². The minimum absolute atomic E-state index is 0.0750. The molecule has 2 fully saturated rings. The molecule has 7 heteroatoms. The molecule has 0 aromatic heterocycles. The number of carbonyl (C=O) groups is 1. The zero-order chi connectivity index (χ0) is 21.0. The fraction of sp³-hybridized carbons (Fsp3) is 0.591. The average molecular weight is 409 g/mol. The fourth-order valence-electron chi connectivity index (χ4n) is 4.06. The van der Waals surface area contributed by atoms with E-state index in [0.717, 1.165) is 45.1 Å². The molecule has 0 saturated carbocycles. The fourth-order valence-corrected chi connectivity index (χ4v) is 4.06. The van der Waals surface area contributed by atoms with Gasteiger partial charge in [-0.05, 0) is 43.0 Å². The van der Waals surface area contributed by atoms with Gasteiger partial charge in [0.1, 0.15) is 0 Å². The van der Waals surface area contributed by atoms with E-state index in [1.165, 1.54) is 12.1 Å². The topological polar surface area (TPSA) is 26.8 Å². The number of piperidine rings is 1. The lowest BCUT2D eigenvalue weighted by Crippen LogP contribution is -2.55. The zero-order valence-corrected chi connectivity index (χ0v) is 17.2. The van der Waals surface area contributed by atoms with E-state index in [1.54, 1.807) is 12.1 Å². The van der Waals surface area contributed by atoms with Crippen molar-refractivity contribution in [2.45, 2.75) is 38.9 Å². The van der Waals surface area contributed by atoms with Gasteiger partial charge in [0.15, 0.2) is 0 Å². The highest BCUT2D eigenvalue weighted by Crippen LogP contribution is 2.32. The minimum atomic E-state index is -4.32. The van der Waals surface area contributed by atoms with Crippen LogP contribution in [-0.4, -0.2) is 61.0 Å². The maximum atomic E-state index is 13.0. The number of hydrogen-bond donors (Lipinski definition) is 0. The molecule has 2 saturated heterocycles. The quantitative estimate of drug-likeness (QED) is 0.703. The third-order valence-electron chi connectivity index (χ3n) is 5.70. The molecule has 0 aliphatic carbocycles. The van der Waals surface area contributed by atoms with Gasteiger partial charge in [-0.1, -0.05) is 26.0 Å². The molecule has 160 valence electrons. The van der Waals surface area contributed by atoms with E-state index in [-0.39, 0.29) is 5.91 Å². The molecule has 1 amide bonds. The molecule has 4 nitrogen and oxygen atoms in total.